The number of halogens is 1. The zero-order valence-corrected chi connectivity index (χ0v) is 24.4. The minimum atomic E-state index is -4.08. The second-order valence-electron chi connectivity index (χ2n) is 9.28. The molecule has 2 unspecified atom stereocenters. The van der Waals surface area contributed by atoms with Crippen LogP contribution in [0.2, 0.25) is 0 Å². The maximum atomic E-state index is 12.2. The van der Waals surface area contributed by atoms with Gasteiger partial charge in [0.05, 0.1) is 5.75 Å². The SMILES string of the molecule is COC(CCCCC(=O)NCCS(=O)(=O)O)(Cc1ccccc1)C(C)=O.COC(Cc1ccccc1)C(C)=O.F. The zero-order chi connectivity index (χ0) is 29.3. The first-order valence-corrected chi connectivity index (χ1v) is 14.4. The molecule has 0 radical (unpaired) electrons. The van der Waals surface area contributed by atoms with Crippen LogP contribution in [-0.4, -0.2) is 68.7 Å². The highest BCUT2D eigenvalue weighted by Gasteiger charge is 2.35. The van der Waals surface area contributed by atoms with Crippen molar-refractivity contribution in [3.63, 3.8) is 0 Å². The van der Waals surface area contributed by atoms with Crippen LogP contribution >= 0.6 is 0 Å². The number of amides is 1. The summed E-state index contributed by atoms with van der Waals surface area (Å²) in [5, 5.41) is 2.44. The Hall–Kier alpha value is -2.99. The molecule has 0 aliphatic heterocycles. The molecule has 0 aliphatic rings. The Balaban J connectivity index is 0.000000912. The van der Waals surface area contributed by atoms with E-state index in [1.165, 1.54) is 14.0 Å². The van der Waals surface area contributed by atoms with Crippen molar-refractivity contribution >= 4 is 27.6 Å². The first-order valence-electron chi connectivity index (χ1n) is 12.8. The van der Waals surface area contributed by atoms with Crippen LogP contribution in [0.1, 0.15) is 50.7 Å². The van der Waals surface area contributed by atoms with Crippen LogP contribution in [0.3, 0.4) is 0 Å². The first kappa shape index (κ1) is 37.0. The van der Waals surface area contributed by atoms with Gasteiger partial charge in [-0.3, -0.25) is 23.6 Å². The van der Waals surface area contributed by atoms with Crippen molar-refractivity contribution in [3.8, 4) is 0 Å². The van der Waals surface area contributed by atoms with E-state index in [1.807, 2.05) is 60.7 Å². The zero-order valence-electron chi connectivity index (χ0n) is 23.6. The molecule has 11 heteroatoms. The van der Waals surface area contributed by atoms with Crippen LogP contribution in [0.4, 0.5) is 4.70 Å². The summed E-state index contributed by atoms with van der Waals surface area (Å²) in [6.45, 7) is 2.94. The van der Waals surface area contributed by atoms with Gasteiger partial charge in [0.1, 0.15) is 11.7 Å². The van der Waals surface area contributed by atoms with E-state index in [4.69, 9.17) is 14.0 Å². The number of ether oxygens (including phenoxy) is 2. The van der Waals surface area contributed by atoms with Gasteiger partial charge in [-0.1, -0.05) is 60.7 Å². The van der Waals surface area contributed by atoms with Gasteiger partial charge in [0.15, 0.2) is 11.6 Å². The van der Waals surface area contributed by atoms with E-state index in [0.29, 0.717) is 32.1 Å². The Bertz CT molecular complexity index is 1130. The third-order valence-electron chi connectivity index (χ3n) is 6.28. The number of rotatable bonds is 16. The van der Waals surface area contributed by atoms with Crippen molar-refractivity contribution in [2.75, 3.05) is 26.5 Å². The quantitative estimate of drug-likeness (QED) is 0.225. The molecule has 0 saturated carbocycles. The number of ketones is 2. The number of Topliss-reactive ketones (excluding diaryl/α,β-unsaturated/α-hetero) is 2. The second-order valence-corrected chi connectivity index (χ2v) is 10.9. The molecule has 0 aromatic heterocycles. The van der Waals surface area contributed by atoms with Crippen LogP contribution in [0.25, 0.3) is 0 Å². The molecule has 0 saturated heterocycles. The lowest BCUT2D eigenvalue weighted by atomic mass is 9.85. The molecule has 1 amide bonds. The molecule has 0 heterocycles. The third kappa shape index (κ3) is 15.0. The fourth-order valence-corrected chi connectivity index (χ4v) is 4.32. The molecule has 2 aromatic carbocycles. The molecule has 40 heavy (non-hydrogen) atoms. The molecule has 0 aliphatic carbocycles. The van der Waals surface area contributed by atoms with Gasteiger partial charge < -0.3 is 14.8 Å². The van der Waals surface area contributed by atoms with Crippen molar-refractivity contribution in [1.82, 2.24) is 5.32 Å². The fraction of sp³-hybridized carbons (Fsp3) is 0.483. The molecule has 9 nitrogen and oxygen atoms in total. The normalized spacial score (nSPS) is 13.0. The Morgan fingerprint density at radius 3 is 1.93 bits per heavy atom. The second kappa shape index (κ2) is 19.1. The van der Waals surface area contributed by atoms with Crippen LogP contribution in [0.15, 0.2) is 60.7 Å². The molecule has 224 valence electrons. The van der Waals surface area contributed by atoms with E-state index in [2.05, 4.69) is 5.32 Å². The first-order chi connectivity index (χ1) is 18.4. The Labute approximate surface area is 236 Å². The van der Waals surface area contributed by atoms with Crippen molar-refractivity contribution in [2.45, 2.75) is 64.1 Å². The average molecular weight is 584 g/mol. The number of hydrogen-bond donors (Lipinski definition) is 2. The number of carbonyl (C=O) groups is 3. The highest BCUT2D eigenvalue weighted by Crippen LogP contribution is 2.25. The highest BCUT2D eigenvalue weighted by atomic mass is 32.2. The fourth-order valence-electron chi connectivity index (χ4n) is 3.96. The average Bonchev–Trinajstić information content (AvgIpc) is 2.89. The van der Waals surface area contributed by atoms with E-state index >= 15 is 0 Å². The molecular formula is C29H42FNO8S. The van der Waals surface area contributed by atoms with Gasteiger partial charge in [-0.25, -0.2) is 0 Å². The van der Waals surface area contributed by atoms with Crippen molar-refractivity contribution in [3.05, 3.63) is 71.8 Å². The van der Waals surface area contributed by atoms with Gasteiger partial charge >= 0.3 is 0 Å². The van der Waals surface area contributed by atoms with Crippen LogP contribution in [0.5, 0.6) is 0 Å². The van der Waals surface area contributed by atoms with Crippen molar-refractivity contribution < 1.29 is 41.5 Å². The minimum Gasteiger partial charge on any atom is -0.373 e. The molecule has 2 atom stereocenters. The Morgan fingerprint density at radius 1 is 0.925 bits per heavy atom. The minimum absolute atomic E-state index is 0. The summed E-state index contributed by atoms with van der Waals surface area (Å²) >= 11 is 0. The van der Waals surface area contributed by atoms with Gasteiger partial charge in [0.25, 0.3) is 10.1 Å². The van der Waals surface area contributed by atoms with E-state index in [1.54, 1.807) is 14.0 Å². The third-order valence-corrected chi connectivity index (χ3v) is 7.00. The number of unbranched alkanes of at least 4 members (excludes halogenated alkanes) is 1. The lowest BCUT2D eigenvalue weighted by Crippen LogP contribution is -2.41. The summed E-state index contributed by atoms with van der Waals surface area (Å²) in [7, 11) is -0.991. The molecule has 0 bridgehead atoms. The van der Waals surface area contributed by atoms with E-state index in [-0.39, 0.29) is 41.2 Å². The van der Waals surface area contributed by atoms with E-state index < -0.39 is 21.5 Å². The maximum absolute atomic E-state index is 12.2. The van der Waals surface area contributed by atoms with Gasteiger partial charge in [-0.15, -0.1) is 0 Å². The van der Waals surface area contributed by atoms with E-state index in [0.717, 1.165) is 11.1 Å². The van der Waals surface area contributed by atoms with Crippen molar-refractivity contribution in [2.24, 2.45) is 0 Å². The smallest absolute Gasteiger partial charge is 0.266 e. The van der Waals surface area contributed by atoms with Crippen molar-refractivity contribution in [1.29, 1.82) is 0 Å². The number of benzene rings is 2. The summed E-state index contributed by atoms with van der Waals surface area (Å²) in [6.07, 6.45) is 2.70. The summed E-state index contributed by atoms with van der Waals surface area (Å²) < 4.78 is 40.4. The van der Waals surface area contributed by atoms with Gasteiger partial charge in [0.2, 0.25) is 5.91 Å². The number of hydrogen-bond acceptors (Lipinski definition) is 7. The lowest BCUT2D eigenvalue weighted by Gasteiger charge is -2.30. The van der Waals surface area contributed by atoms with Crippen LogP contribution < -0.4 is 5.32 Å². The number of carbonyl (C=O) groups excluding carboxylic acids is 3. The Kier molecular flexibility index (Phi) is 17.7. The molecule has 0 spiro atoms. The van der Waals surface area contributed by atoms with Crippen LogP contribution in [-0.2, 0) is 46.8 Å². The number of methoxy groups -OCH3 is 2. The largest absolute Gasteiger partial charge is 0.373 e. The maximum Gasteiger partial charge on any atom is 0.266 e. The standard InChI is InChI=1S/C18H27NO6S.C11H14O2.FH/c1-15(20)18(25-2,14-16-8-4-3-5-9-16)11-7-6-10-17(21)19-12-13-26(22,23)24;1-9(12)11(13-2)8-10-6-4-3-5-7-10;/h3-5,8-9H,6-7,10-14H2,1-2H3,(H,19,21)(H,22,23,24);3-7,11H,8H2,1-2H3;1H. The van der Waals surface area contributed by atoms with Gasteiger partial charge in [-0.2, -0.15) is 8.42 Å². The highest BCUT2D eigenvalue weighted by molar-refractivity contribution is 7.85. The van der Waals surface area contributed by atoms with Gasteiger partial charge in [-0.05, 0) is 44.2 Å². The lowest BCUT2D eigenvalue weighted by molar-refractivity contribution is -0.139. The summed E-state index contributed by atoms with van der Waals surface area (Å²) in [6, 6.07) is 19.5. The predicted octanol–water partition coefficient (Wildman–Crippen LogP) is 3.75. The predicted molar refractivity (Wildman–Crippen MR) is 153 cm³/mol. The summed E-state index contributed by atoms with van der Waals surface area (Å²) in [5.41, 5.74) is 1.22. The molecule has 0 fully saturated rings. The molecule has 2 rings (SSSR count). The molecular weight excluding hydrogens is 541 g/mol. The number of nitrogens with one attached hydrogen (secondary N) is 1. The summed E-state index contributed by atoms with van der Waals surface area (Å²) in [4.78, 5) is 34.9. The topological polar surface area (TPSA) is 136 Å². The van der Waals surface area contributed by atoms with Gasteiger partial charge in [0, 0.05) is 40.0 Å². The van der Waals surface area contributed by atoms with E-state index in [9.17, 15) is 22.8 Å². The molecule has 2 N–H and O–H groups in total. The Morgan fingerprint density at radius 2 is 1.48 bits per heavy atom. The monoisotopic (exact) mass is 583 g/mol. The summed E-state index contributed by atoms with van der Waals surface area (Å²) in [5.74, 6) is -0.775. The van der Waals surface area contributed by atoms with Crippen LogP contribution in [0, 0.1) is 0 Å². The molecule has 2 aromatic rings.